The van der Waals surface area contributed by atoms with Gasteiger partial charge in [0.05, 0.1) is 32.5 Å². The molecule has 7 aromatic carbocycles. The van der Waals surface area contributed by atoms with Crippen LogP contribution >= 0.6 is 11.3 Å². The Morgan fingerprint density at radius 1 is 0.519 bits per heavy atom. The maximum atomic E-state index is 5.06. The van der Waals surface area contributed by atoms with Crippen molar-refractivity contribution in [3.05, 3.63) is 176 Å². The summed E-state index contributed by atoms with van der Waals surface area (Å²) in [6.07, 6.45) is 1.96. The van der Waals surface area contributed by atoms with E-state index in [2.05, 4.69) is 188 Å². The molecular weight excluding hydrogens is 679 g/mol. The third-order valence-electron chi connectivity index (χ3n) is 11.0. The van der Waals surface area contributed by atoms with Gasteiger partial charge in [-0.15, -0.1) is 11.3 Å². The third kappa shape index (κ3) is 4.03. The van der Waals surface area contributed by atoms with Crippen molar-refractivity contribution in [2.45, 2.75) is 0 Å². The van der Waals surface area contributed by atoms with Gasteiger partial charge in [0.1, 0.15) is 22.2 Å². The van der Waals surface area contributed by atoms with Crippen LogP contribution in [-0.4, -0.2) is 18.9 Å². The maximum Gasteiger partial charge on any atom is 0.373 e. The van der Waals surface area contributed by atoms with Gasteiger partial charge in [-0.25, -0.2) is 4.98 Å². The topological polar surface area (TPSA) is 41.9 Å². The number of nitrogens with one attached hydrogen (secondary N) is 1. The molecule has 0 aliphatic heterocycles. The predicted octanol–water partition coefficient (Wildman–Crippen LogP) is 12.0. The van der Waals surface area contributed by atoms with E-state index in [1.807, 2.05) is 17.5 Å². The first-order chi connectivity index (χ1) is 26.8. The van der Waals surface area contributed by atoms with E-state index < -0.39 is 0 Å². The van der Waals surface area contributed by atoms with Crippen molar-refractivity contribution >= 4 is 81.2 Å². The number of hydrogen-bond donors (Lipinski definition) is 1. The summed E-state index contributed by atoms with van der Waals surface area (Å²) in [6.45, 7) is 0. The molecule has 0 atom stereocenters. The second-order valence-electron chi connectivity index (χ2n) is 13.8. The van der Waals surface area contributed by atoms with Gasteiger partial charge >= 0.3 is 5.78 Å². The van der Waals surface area contributed by atoms with Crippen molar-refractivity contribution in [3.8, 4) is 33.8 Å². The molecule has 0 aliphatic rings. The quantitative estimate of drug-likeness (QED) is 0.182. The van der Waals surface area contributed by atoms with Crippen LogP contribution in [0.2, 0.25) is 0 Å². The Morgan fingerprint density at radius 3 is 2.09 bits per heavy atom. The second-order valence-corrected chi connectivity index (χ2v) is 14.9. The molecule has 5 nitrogen and oxygen atoms in total. The Morgan fingerprint density at radius 2 is 1.20 bits per heavy atom. The van der Waals surface area contributed by atoms with E-state index in [0.29, 0.717) is 0 Å². The van der Waals surface area contributed by atoms with Crippen molar-refractivity contribution in [2.24, 2.45) is 0 Å². The lowest BCUT2D eigenvalue weighted by Gasteiger charge is -2.17. The average Bonchev–Trinajstić information content (AvgIpc) is 3.98. The van der Waals surface area contributed by atoms with Crippen molar-refractivity contribution in [2.75, 3.05) is 0 Å². The Labute approximate surface area is 313 Å². The lowest BCUT2D eigenvalue weighted by atomic mass is 9.95. The van der Waals surface area contributed by atoms with E-state index in [1.165, 1.54) is 36.5 Å². The predicted molar refractivity (Wildman–Crippen MR) is 224 cm³/mol. The molecule has 1 N–H and O–H groups in total. The molecule has 12 rings (SSSR count). The van der Waals surface area contributed by atoms with Gasteiger partial charge < -0.3 is 4.57 Å². The monoisotopic (exact) mass is 708 g/mol. The zero-order chi connectivity index (χ0) is 35.3. The van der Waals surface area contributed by atoms with Gasteiger partial charge in [-0.3, -0.25) is 4.98 Å². The van der Waals surface area contributed by atoms with Crippen LogP contribution in [0.3, 0.4) is 0 Å². The van der Waals surface area contributed by atoms with E-state index in [0.717, 1.165) is 67.1 Å². The number of para-hydroxylation sites is 5. The summed E-state index contributed by atoms with van der Waals surface area (Å²) in [5, 5.41) is 4.95. The number of pyridine rings is 1. The minimum atomic E-state index is 1.02. The maximum absolute atomic E-state index is 5.06. The van der Waals surface area contributed by atoms with E-state index in [-0.39, 0.29) is 0 Å². The molecule has 6 heteroatoms. The van der Waals surface area contributed by atoms with Crippen molar-refractivity contribution in [3.63, 3.8) is 0 Å². The van der Waals surface area contributed by atoms with E-state index in [4.69, 9.17) is 4.98 Å². The molecule has 0 bridgehead atoms. The third-order valence-corrected chi connectivity index (χ3v) is 12.2. The van der Waals surface area contributed by atoms with Crippen LogP contribution in [0.1, 0.15) is 0 Å². The SMILES string of the molecule is c1ccc(-[n+]2c3c4c5ccccc5n(-c5ccccc5-c5ccccc5-c5nccc6c5sc5ccccc56)c4ccc3n3c4ccccc4[nH]c32)cc1. The molecule has 0 radical (unpaired) electrons. The first kappa shape index (κ1) is 29.5. The molecule has 0 spiro atoms. The van der Waals surface area contributed by atoms with E-state index in [9.17, 15) is 0 Å². The van der Waals surface area contributed by atoms with Crippen LogP contribution < -0.4 is 4.57 Å². The van der Waals surface area contributed by atoms with E-state index in [1.54, 1.807) is 0 Å². The van der Waals surface area contributed by atoms with E-state index >= 15 is 0 Å². The molecule has 5 aromatic heterocycles. The fourth-order valence-corrected chi connectivity index (χ4v) is 9.96. The number of H-pyrrole nitrogens is 1. The van der Waals surface area contributed by atoms with Crippen molar-refractivity contribution in [1.29, 1.82) is 0 Å². The lowest BCUT2D eigenvalue weighted by molar-refractivity contribution is -0.539. The molecule has 0 fully saturated rings. The van der Waals surface area contributed by atoms with Gasteiger partial charge in [0.15, 0.2) is 5.52 Å². The summed E-state index contributed by atoms with van der Waals surface area (Å²) in [5.41, 5.74) is 13.6. The smallest absolute Gasteiger partial charge is 0.308 e. The zero-order valence-corrected chi connectivity index (χ0v) is 29.8. The van der Waals surface area contributed by atoms with Gasteiger partial charge in [0, 0.05) is 38.2 Å². The van der Waals surface area contributed by atoms with Crippen molar-refractivity contribution < 1.29 is 4.57 Å². The van der Waals surface area contributed by atoms with Gasteiger partial charge in [-0.1, -0.05) is 109 Å². The molecule has 252 valence electrons. The summed E-state index contributed by atoms with van der Waals surface area (Å²) in [5.74, 6) is 1.03. The number of rotatable bonds is 4. The van der Waals surface area contributed by atoms with Crippen LogP contribution in [0.15, 0.2) is 176 Å². The number of fused-ring (bicyclic) bond motifs is 12. The first-order valence-corrected chi connectivity index (χ1v) is 19.0. The Kier molecular flexibility index (Phi) is 6.15. The number of benzene rings is 7. The molecule has 0 saturated heterocycles. The average molecular weight is 709 g/mol. The number of aromatic nitrogens is 5. The summed E-state index contributed by atoms with van der Waals surface area (Å²) in [7, 11) is 0. The number of imidazole rings is 2. The summed E-state index contributed by atoms with van der Waals surface area (Å²) in [6, 6.07) is 61.1. The lowest BCUT2D eigenvalue weighted by Crippen LogP contribution is -2.30. The molecule has 0 saturated carbocycles. The number of thiophene rings is 1. The summed E-state index contributed by atoms with van der Waals surface area (Å²) in [4.78, 5) is 8.83. The number of aromatic amines is 1. The fraction of sp³-hybridized carbons (Fsp3) is 0. The van der Waals surface area contributed by atoms with Crippen LogP contribution in [-0.2, 0) is 0 Å². The van der Waals surface area contributed by atoms with Crippen LogP contribution in [0.25, 0.3) is 104 Å². The first-order valence-electron chi connectivity index (χ1n) is 18.2. The normalized spacial score (nSPS) is 12.1. The largest absolute Gasteiger partial charge is 0.373 e. The molecule has 0 unspecified atom stereocenters. The zero-order valence-electron chi connectivity index (χ0n) is 28.9. The van der Waals surface area contributed by atoms with Gasteiger partial charge in [0.25, 0.3) is 0 Å². The molecule has 0 aliphatic carbocycles. The van der Waals surface area contributed by atoms with Gasteiger partial charge in [-0.05, 0) is 66.2 Å². The summed E-state index contributed by atoms with van der Waals surface area (Å²) < 4.78 is 9.72. The van der Waals surface area contributed by atoms with Gasteiger partial charge in [-0.2, -0.15) is 8.97 Å². The molecule has 12 aromatic rings. The molecule has 54 heavy (non-hydrogen) atoms. The van der Waals surface area contributed by atoms with Gasteiger partial charge in [0.2, 0.25) is 0 Å². The standard InChI is InChI=1S/C48H29N5S/c1-2-14-30(15-3-1)51-46-42(53-40-24-12-9-21-37(40)50-48(51)53)27-26-41-44(46)36-20-7-11-23-39(36)52(41)38-22-10-6-17-32(38)31-16-4-5-19-34(31)45-47-35(28-29-49-45)33-18-8-13-25-43(33)54-47/h1-29H/p+1. The summed E-state index contributed by atoms with van der Waals surface area (Å²) >= 11 is 1.82. The Hall–Kier alpha value is -7.02. The molecule has 0 amide bonds. The Balaban J connectivity index is 1.17. The van der Waals surface area contributed by atoms with Crippen LogP contribution in [0, 0.1) is 0 Å². The highest BCUT2D eigenvalue weighted by Crippen LogP contribution is 2.44. The Bertz CT molecular complexity index is 3450. The van der Waals surface area contributed by atoms with Crippen LogP contribution in [0.4, 0.5) is 0 Å². The minimum absolute atomic E-state index is 1.02. The van der Waals surface area contributed by atoms with Crippen molar-refractivity contribution in [1.82, 2.24) is 18.9 Å². The molecule has 5 heterocycles. The fourth-order valence-electron chi connectivity index (χ4n) is 8.76. The highest BCUT2D eigenvalue weighted by Gasteiger charge is 2.29. The highest BCUT2D eigenvalue weighted by atomic mass is 32.1. The highest BCUT2D eigenvalue weighted by molar-refractivity contribution is 7.26. The molecular formula is C48H30N5S+. The number of hydrogen-bond acceptors (Lipinski definition) is 2. The van der Waals surface area contributed by atoms with Crippen LogP contribution in [0.5, 0.6) is 0 Å². The minimum Gasteiger partial charge on any atom is -0.308 e. The number of nitrogens with zero attached hydrogens (tertiary/aromatic N) is 4. The second kappa shape index (κ2) is 11.2.